The van der Waals surface area contributed by atoms with E-state index in [4.69, 9.17) is 0 Å². The maximum absolute atomic E-state index is 12.3. The summed E-state index contributed by atoms with van der Waals surface area (Å²) in [4.78, 5) is 19.3. The molecule has 1 aliphatic carbocycles. The number of anilines is 1. The highest BCUT2D eigenvalue weighted by molar-refractivity contribution is 7.13. The summed E-state index contributed by atoms with van der Waals surface area (Å²) in [6.07, 6.45) is 6.63. The van der Waals surface area contributed by atoms with E-state index in [2.05, 4.69) is 20.4 Å². The molecule has 1 fully saturated rings. The van der Waals surface area contributed by atoms with Gasteiger partial charge in [-0.15, -0.1) is 11.3 Å². The molecule has 1 aliphatic heterocycles. The third kappa shape index (κ3) is 3.24. The zero-order valence-corrected chi connectivity index (χ0v) is 15.0. The van der Waals surface area contributed by atoms with Crippen molar-refractivity contribution < 1.29 is 0 Å². The van der Waals surface area contributed by atoms with Crippen LogP contribution in [0.1, 0.15) is 42.6 Å². The summed E-state index contributed by atoms with van der Waals surface area (Å²) >= 11 is 1.73. The van der Waals surface area contributed by atoms with Gasteiger partial charge < -0.3 is 4.90 Å². The van der Waals surface area contributed by atoms with Gasteiger partial charge in [0.1, 0.15) is 0 Å². The average Bonchev–Trinajstić information content (AvgIpc) is 3.03. The topological polar surface area (TPSA) is 51.0 Å². The number of piperidine rings is 1. The highest BCUT2D eigenvalue weighted by atomic mass is 32.1. The Bertz CT molecular complexity index is 774. The van der Waals surface area contributed by atoms with Gasteiger partial charge in [0, 0.05) is 31.1 Å². The van der Waals surface area contributed by atoms with Gasteiger partial charge in [-0.2, -0.15) is 5.10 Å². The van der Waals surface area contributed by atoms with Crippen molar-refractivity contribution >= 4 is 16.5 Å². The van der Waals surface area contributed by atoms with Gasteiger partial charge in [0.25, 0.3) is 5.56 Å². The van der Waals surface area contributed by atoms with E-state index in [0.717, 1.165) is 61.8 Å². The predicted molar refractivity (Wildman–Crippen MR) is 96.9 cm³/mol. The molecular weight excluding hydrogens is 320 g/mol. The van der Waals surface area contributed by atoms with Crippen molar-refractivity contribution in [2.24, 2.45) is 5.92 Å². The summed E-state index contributed by atoms with van der Waals surface area (Å²) in [6, 6.07) is 1.83. The Morgan fingerprint density at radius 1 is 1.25 bits per heavy atom. The van der Waals surface area contributed by atoms with E-state index in [9.17, 15) is 4.79 Å². The number of rotatable bonds is 3. The van der Waals surface area contributed by atoms with E-state index < -0.39 is 0 Å². The van der Waals surface area contributed by atoms with Crippen molar-refractivity contribution in [2.45, 2.75) is 52.0 Å². The molecule has 0 spiro atoms. The van der Waals surface area contributed by atoms with E-state index in [0.29, 0.717) is 5.92 Å². The molecule has 0 aromatic carbocycles. The smallest absolute Gasteiger partial charge is 0.267 e. The molecule has 0 atom stereocenters. The van der Waals surface area contributed by atoms with Gasteiger partial charge in [-0.05, 0) is 56.9 Å². The molecule has 1 saturated heterocycles. The lowest BCUT2D eigenvalue weighted by Crippen LogP contribution is -2.37. The molecule has 2 aliphatic rings. The zero-order chi connectivity index (χ0) is 16.5. The first-order valence-corrected chi connectivity index (χ1v) is 9.84. The highest BCUT2D eigenvalue weighted by Crippen LogP contribution is 2.26. The Labute approximate surface area is 146 Å². The first kappa shape index (κ1) is 15.8. The summed E-state index contributed by atoms with van der Waals surface area (Å²) in [5.74, 6) is 0.536. The second kappa shape index (κ2) is 6.67. The van der Waals surface area contributed by atoms with Gasteiger partial charge in [-0.1, -0.05) is 0 Å². The quantitative estimate of drug-likeness (QED) is 0.859. The van der Waals surface area contributed by atoms with Crippen molar-refractivity contribution in [2.75, 3.05) is 18.0 Å². The Balaban J connectivity index is 1.41. The highest BCUT2D eigenvalue weighted by Gasteiger charge is 2.22. The minimum absolute atomic E-state index is 0.0774. The van der Waals surface area contributed by atoms with Crippen LogP contribution >= 0.6 is 11.3 Å². The molecule has 2 aromatic heterocycles. The number of fused-ring (bicyclic) bond motifs is 1. The van der Waals surface area contributed by atoms with Crippen LogP contribution in [0.5, 0.6) is 0 Å². The summed E-state index contributed by atoms with van der Waals surface area (Å²) in [6.45, 7) is 4.85. The van der Waals surface area contributed by atoms with Crippen molar-refractivity contribution in [1.29, 1.82) is 0 Å². The standard InChI is InChI=1S/C18H24N4OS/c1-13-12-24-18(19-13)21-8-6-14(7-9-21)11-22-17(23)10-15-4-2-3-5-16(15)20-22/h10,12,14H,2-9,11H2,1H3. The largest absolute Gasteiger partial charge is 0.348 e. The van der Waals surface area contributed by atoms with Crippen LogP contribution in [0.3, 0.4) is 0 Å². The number of thiazole rings is 1. The van der Waals surface area contributed by atoms with Gasteiger partial charge in [-0.25, -0.2) is 9.67 Å². The summed E-state index contributed by atoms with van der Waals surface area (Å²) in [5, 5.41) is 7.91. The molecule has 2 aromatic rings. The van der Waals surface area contributed by atoms with E-state index in [1.807, 2.05) is 13.0 Å². The van der Waals surface area contributed by atoms with E-state index in [-0.39, 0.29) is 5.56 Å². The van der Waals surface area contributed by atoms with Crippen molar-refractivity contribution in [3.8, 4) is 0 Å². The molecule has 0 N–H and O–H groups in total. The van der Waals surface area contributed by atoms with Crippen LogP contribution in [0, 0.1) is 12.8 Å². The van der Waals surface area contributed by atoms with Gasteiger partial charge in [-0.3, -0.25) is 4.79 Å². The monoisotopic (exact) mass is 344 g/mol. The molecule has 0 saturated carbocycles. The van der Waals surface area contributed by atoms with Crippen molar-refractivity contribution in [3.05, 3.63) is 38.8 Å². The molecular formula is C18H24N4OS. The SMILES string of the molecule is Cc1csc(N2CCC(Cn3nc4c(cc3=O)CCCC4)CC2)n1. The average molecular weight is 344 g/mol. The first-order valence-electron chi connectivity index (χ1n) is 8.96. The molecule has 5 nitrogen and oxygen atoms in total. The van der Waals surface area contributed by atoms with E-state index in [1.165, 1.54) is 18.4 Å². The summed E-state index contributed by atoms with van der Waals surface area (Å²) in [7, 11) is 0. The molecule has 0 amide bonds. The third-order valence-corrected chi connectivity index (χ3v) is 6.22. The lowest BCUT2D eigenvalue weighted by Gasteiger charge is -2.31. The number of hydrogen-bond donors (Lipinski definition) is 0. The Morgan fingerprint density at radius 2 is 2.04 bits per heavy atom. The minimum Gasteiger partial charge on any atom is -0.348 e. The number of nitrogens with zero attached hydrogens (tertiary/aromatic N) is 4. The molecule has 0 bridgehead atoms. The van der Waals surface area contributed by atoms with Gasteiger partial charge in [0.05, 0.1) is 11.4 Å². The lowest BCUT2D eigenvalue weighted by molar-refractivity contribution is 0.332. The van der Waals surface area contributed by atoms with Gasteiger partial charge in [0.15, 0.2) is 5.13 Å². The molecule has 3 heterocycles. The maximum atomic E-state index is 12.3. The fourth-order valence-corrected chi connectivity index (χ4v) is 4.63. The first-order chi connectivity index (χ1) is 11.7. The molecule has 24 heavy (non-hydrogen) atoms. The van der Waals surface area contributed by atoms with Crippen molar-refractivity contribution in [1.82, 2.24) is 14.8 Å². The molecule has 6 heteroatoms. The summed E-state index contributed by atoms with van der Waals surface area (Å²) in [5.41, 5.74) is 3.50. The van der Waals surface area contributed by atoms with E-state index in [1.54, 1.807) is 16.0 Å². The van der Waals surface area contributed by atoms with Crippen LogP contribution in [0.15, 0.2) is 16.2 Å². The van der Waals surface area contributed by atoms with Crippen LogP contribution in [0.2, 0.25) is 0 Å². The Morgan fingerprint density at radius 3 is 2.79 bits per heavy atom. The Kier molecular flexibility index (Phi) is 4.39. The number of aryl methyl sites for hydroxylation is 3. The normalized spacial score (nSPS) is 18.6. The fraction of sp³-hybridized carbons (Fsp3) is 0.611. The van der Waals surface area contributed by atoms with Crippen molar-refractivity contribution in [3.63, 3.8) is 0 Å². The molecule has 0 radical (unpaired) electrons. The third-order valence-electron chi connectivity index (χ3n) is 5.20. The van der Waals surface area contributed by atoms with Gasteiger partial charge >= 0.3 is 0 Å². The van der Waals surface area contributed by atoms with Crippen LogP contribution in [0.4, 0.5) is 5.13 Å². The predicted octanol–water partition coefficient (Wildman–Crippen LogP) is 2.80. The van der Waals surface area contributed by atoms with Gasteiger partial charge in [0.2, 0.25) is 0 Å². The number of aromatic nitrogens is 3. The summed E-state index contributed by atoms with van der Waals surface area (Å²) < 4.78 is 1.72. The zero-order valence-electron chi connectivity index (χ0n) is 14.2. The lowest BCUT2D eigenvalue weighted by atomic mass is 9.96. The van der Waals surface area contributed by atoms with Crippen LogP contribution in [0.25, 0.3) is 0 Å². The van der Waals surface area contributed by atoms with Crippen LogP contribution < -0.4 is 10.5 Å². The second-order valence-corrected chi connectivity index (χ2v) is 7.88. The molecule has 128 valence electrons. The number of hydrogen-bond acceptors (Lipinski definition) is 5. The van der Waals surface area contributed by atoms with Crippen LogP contribution in [-0.2, 0) is 19.4 Å². The van der Waals surface area contributed by atoms with Crippen LogP contribution in [-0.4, -0.2) is 27.9 Å². The van der Waals surface area contributed by atoms with E-state index >= 15 is 0 Å². The Hall–Kier alpha value is -1.69. The molecule has 0 unspecified atom stereocenters. The fourth-order valence-electron chi connectivity index (χ4n) is 3.77. The molecule has 4 rings (SSSR count). The maximum Gasteiger partial charge on any atom is 0.267 e. The second-order valence-electron chi connectivity index (χ2n) is 7.05. The minimum atomic E-state index is 0.0774.